The topological polar surface area (TPSA) is 92.3 Å². The number of nitrogen functional groups attached to an aromatic ring is 1. The molecule has 0 fully saturated rings. The fraction of sp³-hybridized carbons (Fsp3) is 0.480. The van der Waals surface area contributed by atoms with Crippen molar-refractivity contribution in [1.29, 1.82) is 5.41 Å². The summed E-state index contributed by atoms with van der Waals surface area (Å²) < 4.78 is 4.67. The zero-order valence-corrected chi connectivity index (χ0v) is 20.7. The zero-order chi connectivity index (χ0) is 24.2. The van der Waals surface area contributed by atoms with E-state index in [9.17, 15) is 4.79 Å². The van der Waals surface area contributed by atoms with Crippen molar-refractivity contribution in [2.45, 2.75) is 61.3 Å². The van der Waals surface area contributed by atoms with E-state index in [1.165, 1.54) is 18.9 Å². The summed E-state index contributed by atoms with van der Waals surface area (Å²) >= 11 is 0. The number of carbonyl (C=O) groups excluding carboxylic acids is 1. The Labute approximate surface area is 189 Å². The van der Waals surface area contributed by atoms with E-state index in [0.29, 0.717) is 5.82 Å². The highest BCUT2D eigenvalue weighted by molar-refractivity contribution is 5.89. The van der Waals surface area contributed by atoms with E-state index in [1.807, 2.05) is 58.9 Å². The molecule has 0 saturated carbocycles. The van der Waals surface area contributed by atoms with Gasteiger partial charge in [0.2, 0.25) is 0 Å². The first-order chi connectivity index (χ1) is 14.9. The predicted octanol–water partition coefficient (Wildman–Crippen LogP) is 6.12. The molecule has 0 saturated heterocycles. The molecular formula is C25H42N4O2. The Bertz CT molecular complexity index is 742. The van der Waals surface area contributed by atoms with Gasteiger partial charge in [0.15, 0.2) is 5.69 Å². The van der Waals surface area contributed by atoms with Gasteiger partial charge in [-0.05, 0) is 31.4 Å². The number of methoxy groups -OCH3 is 1. The van der Waals surface area contributed by atoms with Crippen molar-refractivity contribution >= 4 is 23.7 Å². The molecule has 6 nitrogen and oxygen atoms in total. The minimum absolute atomic E-state index is 0.254. The highest BCUT2D eigenvalue weighted by Gasteiger charge is 2.13. The van der Waals surface area contributed by atoms with Crippen LogP contribution in [0.4, 0.5) is 11.5 Å². The maximum atomic E-state index is 11.5. The van der Waals surface area contributed by atoms with Crippen molar-refractivity contribution in [2.24, 2.45) is 0 Å². The van der Waals surface area contributed by atoms with Gasteiger partial charge in [-0.25, -0.2) is 9.78 Å². The van der Waals surface area contributed by atoms with Gasteiger partial charge in [0.1, 0.15) is 5.82 Å². The van der Waals surface area contributed by atoms with E-state index in [2.05, 4.69) is 28.5 Å². The van der Waals surface area contributed by atoms with E-state index in [0.717, 1.165) is 37.2 Å². The minimum Gasteiger partial charge on any atom is -0.464 e. The molecule has 2 aromatic rings. The van der Waals surface area contributed by atoms with Crippen molar-refractivity contribution in [3.63, 3.8) is 0 Å². The number of anilines is 2. The fourth-order valence-corrected chi connectivity index (χ4v) is 2.60. The standard InChI is InChI=1S/C13H21N3O2.C8H9N.2C2H6/c1-4-6-16(7-5-2)10-8-11(13(17)18-3)15-12(14)9-10;1-7-3-2-4-8(5-7)6-9;2*1-2/h8-9H,4-7H2,1-3H3,(H2,14,15);2-6,9H,1H3;2*1-2H3. The molecular weight excluding hydrogens is 388 g/mol. The lowest BCUT2D eigenvalue weighted by atomic mass is 10.2. The molecule has 0 amide bonds. The Morgan fingerprint density at radius 3 is 2.10 bits per heavy atom. The number of hydrogen-bond donors (Lipinski definition) is 2. The molecule has 0 radical (unpaired) electrons. The molecule has 0 unspecified atom stereocenters. The largest absolute Gasteiger partial charge is 0.464 e. The van der Waals surface area contributed by atoms with Gasteiger partial charge in [-0.15, -0.1) is 0 Å². The molecule has 174 valence electrons. The van der Waals surface area contributed by atoms with Crippen molar-refractivity contribution in [3.05, 3.63) is 53.2 Å². The highest BCUT2D eigenvalue weighted by atomic mass is 16.5. The third-order valence-corrected chi connectivity index (χ3v) is 3.79. The van der Waals surface area contributed by atoms with E-state index >= 15 is 0 Å². The average Bonchev–Trinajstić information content (AvgIpc) is 2.81. The molecule has 1 heterocycles. The first-order valence-corrected chi connectivity index (χ1v) is 11.1. The Kier molecular flexibility index (Phi) is 18.7. The number of carbonyl (C=O) groups is 1. The highest BCUT2D eigenvalue weighted by Crippen LogP contribution is 2.19. The summed E-state index contributed by atoms with van der Waals surface area (Å²) in [6, 6.07) is 11.4. The van der Waals surface area contributed by atoms with Crippen molar-refractivity contribution in [1.82, 2.24) is 4.98 Å². The Morgan fingerprint density at radius 1 is 1.10 bits per heavy atom. The second-order valence-corrected chi connectivity index (χ2v) is 6.17. The number of aryl methyl sites for hydroxylation is 1. The van der Waals surface area contributed by atoms with Crippen LogP contribution in [0, 0.1) is 12.3 Å². The van der Waals surface area contributed by atoms with Crippen molar-refractivity contribution in [2.75, 3.05) is 30.8 Å². The normalized spacial score (nSPS) is 8.90. The monoisotopic (exact) mass is 430 g/mol. The molecule has 31 heavy (non-hydrogen) atoms. The van der Waals surface area contributed by atoms with Crippen LogP contribution in [0.3, 0.4) is 0 Å². The molecule has 0 spiro atoms. The number of nitrogens with two attached hydrogens (primary N) is 1. The van der Waals surface area contributed by atoms with Crippen molar-refractivity contribution in [3.8, 4) is 0 Å². The van der Waals surface area contributed by atoms with E-state index < -0.39 is 5.97 Å². The number of nitrogens with one attached hydrogen (secondary N) is 1. The summed E-state index contributed by atoms with van der Waals surface area (Å²) in [6.07, 6.45) is 3.43. The van der Waals surface area contributed by atoms with Crippen LogP contribution in [0.2, 0.25) is 0 Å². The van der Waals surface area contributed by atoms with Gasteiger partial charge in [-0.1, -0.05) is 71.4 Å². The molecule has 3 N–H and O–H groups in total. The fourth-order valence-electron chi connectivity index (χ4n) is 2.60. The van der Waals surface area contributed by atoms with Crippen LogP contribution in [0.1, 0.15) is 76.0 Å². The summed E-state index contributed by atoms with van der Waals surface area (Å²) in [5.41, 5.74) is 9.09. The van der Waals surface area contributed by atoms with Crippen LogP contribution in [-0.2, 0) is 4.74 Å². The summed E-state index contributed by atoms with van der Waals surface area (Å²) in [5, 5.41) is 6.92. The maximum Gasteiger partial charge on any atom is 0.356 e. The van der Waals surface area contributed by atoms with E-state index in [1.54, 1.807) is 12.1 Å². The Morgan fingerprint density at radius 2 is 1.68 bits per heavy atom. The Balaban J connectivity index is 0. The average molecular weight is 431 g/mol. The second-order valence-electron chi connectivity index (χ2n) is 6.17. The molecule has 0 aliphatic rings. The van der Waals surface area contributed by atoms with Gasteiger partial charge in [-0.2, -0.15) is 0 Å². The summed E-state index contributed by atoms with van der Waals surface area (Å²) in [6.45, 7) is 16.1. The van der Waals surface area contributed by atoms with Gasteiger partial charge in [0, 0.05) is 31.1 Å². The van der Waals surface area contributed by atoms with Crippen LogP contribution in [0.15, 0.2) is 36.4 Å². The molecule has 0 aliphatic carbocycles. The molecule has 2 rings (SSSR count). The summed E-state index contributed by atoms with van der Waals surface area (Å²) in [4.78, 5) is 17.7. The number of pyridine rings is 1. The van der Waals surface area contributed by atoms with Crippen LogP contribution in [0.25, 0.3) is 0 Å². The third-order valence-electron chi connectivity index (χ3n) is 3.79. The number of nitrogens with zero attached hydrogens (tertiary/aromatic N) is 2. The van der Waals surface area contributed by atoms with Crippen LogP contribution >= 0.6 is 0 Å². The number of esters is 1. The Hall–Kier alpha value is -2.89. The zero-order valence-electron chi connectivity index (χ0n) is 20.7. The molecule has 1 aromatic carbocycles. The maximum absolute atomic E-state index is 11.5. The van der Waals surface area contributed by atoms with Crippen LogP contribution in [0.5, 0.6) is 0 Å². The first kappa shape index (κ1) is 30.3. The van der Waals surface area contributed by atoms with E-state index in [-0.39, 0.29) is 5.69 Å². The quantitative estimate of drug-likeness (QED) is 0.407. The number of aromatic nitrogens is 1. The van der Waals surface area contributed by atoms with Crippen molar-refractivity contribution < 1.29 is 9.53 Å². The lowest BCUT2D eigenvalue weighted by Crippen LogP contribution is -2.25. The third kappa shape index (κ3) is 12.4. The van der Waals surface area contributed by atoms with Gasteiger partial charge < -0.3 is 20.8 Å². The second kappa shape index (κ2) is 19.1. The number of benzene rings is 1. The molecule has 0 atom stereocenters. The number of ether oxygens (including phenoxy) is 1. The van der Waals surface area contributed by atoms with Crippen LogP contribution in [-0.4, -0.2) is 37.4 Å². The number of rotatable bonds is 7. The summed E-state index contributed by atoms with van der Waals surface area (Å²) in [7, 11) is 1.34. The molecule has 0 aliphatic heterocycles. The first-order valence-electron chi connectivity index (χ1n) is 11.1. The SMILES string of the molecule is CC.CC.CCCN(CCC)c1cc(N)nc(C(=O)OC)c1.Cc1cccc(C=N)c1. The lowest BCUT2D eigenvalue weighted by molar-refractivity contribution is 0.0594. The molecule has 0 bridgehead atoms. The summed E-state index contributed by atoms with van der Waals surface area (Å²) in [5.74, 6) is -0.124. The molecule has 1 aromatic heterocycles. The minimum atomic E-state index is -0.462. The number of hydrogen-bond acceptors (Lipinski definition) is 6. The van der Waals surface area contributed by atoms with Gasteiger partial charge in [0.25, 0.3) is 0 Å². The van der Waals surface area contributed by atoms with Gasteiger partial charge in [0.05, 0.1) is 7.11 Å². The molecule has 6 heteroatoms. The lowest BCUT2D eigenvalue weighted by Gasteiger charge is -2.24. The smallest absolute Gasteiger partial charge is 0.356 e. The van der Waals surface area contributed by atoms with E-state index in [4.69, 9.17) is 11.1 Å². The predicted molar refractivity (Wildman–Crippen MR) is 135 cm³/mol. The van der Waals surface area contributed by atoms with Gasteiger partial charge >= 0.3 is 5.97 Å². The van der Waals surface area contributed by atoms with Crippen LogP contribution < -0.4 is 10.6 Å². The van der Waals surface area contributed by atoms with Gasteiger partial charge in [-0.3, -0.25) is 0 Å².